The third kappa shape index (κ3) is 8.87. The third-order valence-corrected chi connectivity index (χ3v) is 6.36. The summed E-state index contributed by atoms with van der Waals surface area (Å²) >= 11 is 0. The predicted molar refractivity (Wildman–Crippen MR) is 133 cm³/mol. The van der Waals surface area contributed by atoms with E-state index in [-0.39, 0.29) is 11.9 Å². The Morgan fingerprint density at radius 2 is 1.81 bits per heavy atom. The van der Waals surface area contributed by atoms with Crippen LogP contribution in [0.4, 0.5) is 5.69 Å². The van der Waals surface area contributed by atoms with Gasteiger partial charge in [-0.2, -0.15) is 0 Å². The summed E-state index contributed by atoms with van der Waals surface area (Å²) in [5.41, 5.74) is 2.52. The van der Waals surface area contributed by atoms with Gasteiger partial charge in [0.25, 0.3) is 0 Å². The number of nitrogens with zero attached hydrogens (tertiary/aromatic N) is 3. The Hall–Kier alpha value is -2.12. The van der Waals surface area contributed by atoms with E-state index in [1.54, 1.807) is 0 Å². The van der Waals surface area contributed by atoms with E-state index in [2.05, 4.69) is 63.1 Å². The van der Waals surface area contributed by atoms with Gasteiger partial charge >= 0.3 is 0 Å². The minimum atomic E-state index is 0.186. The molecule has 1 aliphatic rings. The molecule has 0 aromatic heterocycles. The zero-order valence-corrected chi connectivity index (χ0v) is 20.4. The van der Waals surface area contributed by atoms with Gasteiger partial charge < -0.3 is 14.7 Å². The highest BCUT2D eigenvalue weighted by molar-refractivity contribution is 5.95. The molecule has 174 valence electrons. The van der Waals surface area contributed by atoms with Gasteiger partial charge in [-0.15, -0.1) is 0 Å². The second kappa shape index (κ2) is 11.5. The van der Waals surface area contributed by atoms with E-state index in [1.165, 1.54) is 61.1 Å². The lowest BCUT2D eigenvalue weighted by molar-refractivity contribution is -0.914. The summed E-state index contributed by atoms with van der Waals surface area (Å²) in [4.78, 5) is 1.90. The Bertz CT molecular complexity index is 717. The van der Waals surface area contributed by atoms with Crippen molar-refractivity contribution in [2.75, 3.05) is 68.0 Å². The summed E-state index contributed by atoms with van der Waals surface area (Å²) in [5, 5.41) is 22.3. The van der Waals surface area contributed by atoms with Crippen molar-refractivity contribution in [1.82, 2.24) is 20.0 Å². The molecule has 1 aromatic rings. The Balaban J connectivity index is 1.63. The van der Waals surface area contributed by atoms with Crippen molar-refractivity contribution in [3.63, 3.8) is 0 Å². The van der Waals surface area contributed by atoms with Crippen molar-refractivity contribution in [3.05, 3.63) is 29.8 Å². The summed E-state index contributed by atoms with van der Waals surface area (Å²) in [6.07, 6.45) is 7.23. The van der Waals surface area contributed by atoms with Crippen LogP contribution in [0.2, 0.25) is 0 Å². The molecule has 1 heterocycles. The van der Waals surface area contributed by atoms with Gasteiger partial charge in [0.15, 0.2) is 11.9 Å². The molecule has 0 bridgehead atoms. The summed E-state index contributed by atoms with van der Waals surface area (Å²) in [5.74, 6) is 0.467. The maximum atomic E-state index is 8.22. The first-order valence-electron chi connectivity index (χ1n) is 11.7. The second-order valence-electron chi connectivity index (χ2n) is 10.2. The molecule has 0 spiro atoms. The lowest BCUT2D eigenvalue weighted by Gasteiger charge is -2.38. The Morgan fingerprint density at radius 3 is 2.48 bits per heavy atom. The van der Waals surface area contributed by atoms with E-state index in [9.17, 15) is 0 Å². The molecular weight excluding hydrogens is 386 g/mol. The van der Waals surface area contributed by atoms with Crippen molar-refractivity contribution in [2.24, 2.45) is 0 Å². The molecule has 1 aliphatic heterocycles. The number of piperidine rings is 1. The van der Waals surface area contributed by atoms with Gasteiger partial charge in [-0.25, -0.2) is 0 Å². The number of guanidine groups is 2. The van der Waals surface area contributed by atoms with Crippen LogP contribution in [-0.4, -0.2) is 89.3 Å². The van der Waals surface area contributed by atoms with Crippen LogP contribution in [-0.2, 0) is 6.42 Å². The van der Waals surface area contributed by atoms with Crippen molar-refractivity contribution >= 4 is 17.6 Å². The number of nitrogens with one attached hydrogen (secondary N) is 4. The average molecular weight is 432 g/mol. The van der Waals surface area contributed by atoms with Gasteiger partial charge in [-0.3, -0.25) is 20.6 Å². The molecule has 1 aromatic carbocycles. The van der Waals surface area contributed by atoms with E-state index in [0.717, 1.165) is 23.9 Å². The van der Waals surface area contributed by atoms with Gasteiger partial charge in [0.05, 0.1) is 47.8 Å². The standard InChI is InChI=1S/C24H45N7/c1-29(16-7-10-19-31(5)17-8-6-9-18-31)24(26)28-23(25)27-15-14-21-12-11-13-22(20-21)30(2,3)4/h11-13,20H,6-10,14-19H2,1-5H3,(H4,25,26,27,28)/q+2. The Morgan fingerprint density at radius 1 is 1.10 bits per heavy atom. The average Bonchev–Trinajstić information content (AvgIpc) is 2.71. The Kier molecular flexibility index (Phi) is 9.32. The van der Waals surface area contributed by atoms with Gasteiger partial charge in [-0.1, -0.05) is 12.1 Å². The second-order valence-corrected chi connectivity index (χ2v) is 10.2. The highest BCUT2D eigenvalue weighted by atomic mass is 15.3. The largest absolute Gasteiger partial charge is 0.356 e. The molecule has 0 saturated carbocycles. The van der Waals surface area contributed by atoms with E-state index in [1.807, 2.05) is 11.9 Å². The molecule has 0 aliphatic carbocycles. The van der Waals surface area contributed by atoms with Crippen molar-refractivity contribution in [3.8, 4) is 0 Å². The molecule has 7 heteroatoms. The first-order chi connectivity index (χ1) is 14.6. The molecule has 1 fully saturated rings. The van der Waals surface area contributed by atoms with Crippen molar-refractivity contribution < 1.29 is 4.48 Å². The topological polar surface area (TPSA) is 75.0 Å². The summed E-state index contributed by atoms with van der Waals surface area (Å²) in [6.45, 7) is 5.38. The van der Waals surface area contributed by atoms with Crippen LogP contribution >= 0.6 is 0 Å². The quantitative estimate of drug-likeness (QED) is 0.210. The molecule has 0 radical (unpaired) electrons. The number of rotatable bonds is 9. The molecule has 7 nitrogen and oxygen atoms in total. The molecule has 31 heavy (non-hydrogen) atoms. The van der Waals surface area contributed by atoms with Gasteiger partial charge in [0.1, 0.15) is 5.69 Å². The molecule has 0 unspecified atom stereocenters. The first kappa shape index (κ1) is 25.1. The predicted octanol–water partition coefficient (Wildman–Crippen LogP) is 2.82. The number of likely N-dealkylation sites (tertiary alicyclic amines) is 1. The molecule has 4 N–H and O–H groups in total. The maximum Gasteiger partial charge on any atom is 0.197 e. The zero-order chi connectivity index (χ0) is 22.9. The van der Waals surface area contributed by atoms with Crippen LogP contribution in [0, 0.1) is 10.8 Å². The lowest BCUT2D eigenvalue weighted by atomic mass is 10.1. The summed E-state index contributed by atoms with van der Waals surface area (Å²) < 4.78 is 2.01. The minimum absolute atomic E-state index is 0.186. The molecular formula is C24H45N7+2. The smallest absolute Gasteiger partial charge is 0.197 e. The summed E-state index contributed by atoms with van der Waals surface area (Å²) in [6, 6.07) is 8.59. The number of quaternary nitrogens is 2. The highest BCUT2D eigenvalue weighted by Crippen LogP contribution is 2.18. The first-order valence-corrected chi connectivity index (χ1v) is 11.7. The maximum absolute atomic E-state index is 8.22. The fourth-order valence-electron chi connectivity index (χ4n) is 4.17. The number of hydrogen-bond donors (Lipinski definition) is 4. The van der Waals surface area contributed by atoms with Crippen LogP contribution in [0.15, 0.2) is 24.3 Å². The highest BCUT2D eigenvalue weighted by Gasteiger charge is 2.23. The minimum Gasteiger partial charge on any atom is -0.356 e. The van der Waals surface area contributed by atoms with Gasteiger partial charge in [-0.05, 0) is 50.2 Å². The molecule has 1 saturated heterocycles. The van der Waals surface area contributed by atoms with Crippen LogP contribution in [0.5, 0.6) is 0 Å². The third-order valence-electron chi connectivity index (χ3n) is 6.36. The van der Waals surface area contributed by atoms with Gasteiger partial charge in [0, 0.05) is 26.2 Å². The number of hydrogen-bond acceptors (Lipinski definition) is 2. The van der Waals surface area contributed by atoms with Crippen molar-refractivity contribution in [1.29, 1.82) is 10.8 Å². The molecule has 2 rings (SSSR count). The summed E-state index contributed by atoms with van der Waals surface area (Å²) in [7, 11) is 10.8. The number of benzene rings is 1. The van der Waals surface area contributed by atoms with E-state index in [4.69, 9.17) is 10.8 Å². The van der Waals surface area contributed by atoms with E-state index < -0.39 is 0 Å². The fourth-order valence-corrected chi connectivity index (χ4v) is 4.17. The fraction of sp³-hybridized carbons (Fsp3) is 0.667. The monoisotopic (exact) mass is 431 g/mol. The number of unbranched alkanes of at least 4 members (excludes halogenated alkanes) is 1. The Labute approximate surface area is 189 Å². The normalized spacial score (nSPS) is 15.9. The van der Waals surface area contributed by atoms with E-state index >= 15 is 0 Å². The SMILES string of the molecule is CN(CCCC[N+]1(C)CCCCC1)C(=N)NC(=N)NCCc1cccc([N+](C)(C)C)c1. The lowest BCUT2D eigenvalue weighted by Crippen LogP contribution is -2.49. The van der Waals surface area contributed by atoms with Gasteiger partial charge in [0.2, 0.25) is 0 Å². The van der Waals surface area contributed by atoms with Crippen LogP contribution in [0.25, 0.3) is 0 Å². The van der Waals surface area contributed by atoms with Crippen LogP contribution in [0.3, 0.4) is 0 Å². The zero-order valence-electron chi connectivity index (χ0n) is 20.4. The van der Waals surface area contributed by atoms with E-state index in [0.29, 0.717) is 6.54 Å². The van der Waals surface area contributed by atoms with Crippen molar-refractivity contribution in [2.45, 2.75) is 38.5 Å². The van der Waals surface area contributed by atoms with Crippen LogP contribution in [0.1, 0.15) is 37.7 Å². The molecule has 0 amide bonds. The van der Waals surface area contributed by atoms with Crippen LogP contribution < -0.4 is 15.1 Å². The molecule has 0 atom stereocenters.